The van der Waals surface area contributed by atoms with Crippen LogP contribution in [-0.4, -0.2) is 26.0 Å². The predicted octanol–water partition coefficient (Wildman–Crippen LogP) is 1.49. The van der Waals surface area contributed by atoms with E-state index in [1.54, 1.807) is 18.5 Å². The lowest BCUT2D eigenvalue weighted by Crippen LogP contribution is -2.49. The average Bonchev–Trinajstić information content (AvgIpc) is 2.85. The third-order valence-electron chi connectivity index (χ3n) is 3.24. The number of carboxylic acid groups (broad SMARTS) is 1. The predicted molar refractivity (Wildman–Crippen MR) is 77.1 cm³/mol. The van der Waals surface area contributed by atoms with Gasteiger partial charge in [0.15, 0.2) is 4.96 Å². The molecule has 0 aliphatic rings. The van der Waals surface area contributed by atoms with Gasteiger partial charge in [0.25, 0.3) is 5.56 Å². The molecule has 6 nitrogen and oxygen atoms in total. The average molecular weight is 295 g/mol. The van der Waals surface area contributed by atoms with Crippen molar-refractivity contribution >= 4 is 22.3 Å². The largest absolute Gasteiger partial charge is 0.480 e. The molecule has 0 spiro atoms. The van der Waals surface area contributed by atoms with Crippen molar-refractivity contribution in [1.29, 1.82) is 0 Å². The second kappa shape index (κ2) is 5.72. The Hall–Kier alpha value is -1.73. The van der Waals surface area contributed by atoms with E-state index >= 15 is 0 Å². The number of thiazole rings is 1. The number of hydrogen-bond acceptors (Lipinski definition) is 5. The van der Waals surface area contributed by atoms with Gasteiger partial charge in [0.1, 0.15) is 5.54 Å². The summed E-state index contributed by atoms with van der Waals surface area (Å²) in [5.41, 5.74) is -0.599. The molecular weight excluding hydrogens is 278 g/mol. The van der Waals surface area contributed by atoms with E-state index in [1.165, 1.54) is 21.8 Å². The van der Waals surface area contributed by atoms with E-state index in [0.717, 1.165) is 6.42 Å². The lowest BCUT2D eigenvalue weighted by Gasteiger charge is -2.25. The summed E-state index contributed by atoms with van der Waals surface area (Å²) in [5.74, 6) is -0.895. The monoisotopic (exact) mass is 295 g/mol. The summed E-state index contributed by atoms with van der Waals surface area (Å²) in [7, 11) is 0. The van der Waals surface area contributed by atoms with Crippen LogP contribution in [0.15, 0.2) is 22.4 Å². The zero-order valence-corrected chi connectivity index (χ0v) is 12.2. The van der Waals surface area contributed by atoms with Crippen LogP contribution < -0.4 is 10.9 Å². The Morgan fingerprint density at radius 2 is 2.35 bits per heavy atom. The number of aromatic nitrogens is 2. The molecule has 0 aromatic carbocycles. The highest BCUT2D eigenvalue weighted by Gasteiger charge is 2.31. The first-order valence-electron chi connectivity index (χ1n) is 6.40. The molecule has 0 aliphatic heterocycles. The summed E-state index contributed by atoms with van der Waals surface area (Å²) in [4.78, 5) is 28.1. The number of rotatable bonds is 6. The number of carbonyl (C=O) groups is 1. The number of fused-ring (bicyclic) bond motifs is 1. The smallest absolute Gasteiger partial charge is 0.323 e. The highest BCUT2D eigenvalue weighted by atomic mass is 32.1. The fraction of sp³-hybridized carbons (Fsp3) is 0.462. The zero-order valence-electron chi connectivity index (χ0n) is 11.4. The van der Waals surface area contributed by atoms with Crippen molar-refractivity contribution in [2.24, 2.45) is 0 Å². The van der Waals surface area contributed by atoms with Crippen LogP contribution in [0.1, 0.15) is 32.4 Å². The van der Waals surface area contributed by atoms with Crippen LogP contribution in [0.25, 0.3) is 4.96 Å². The molecule has 2 heterocycles. The SMILES string of the molecule is CCCC(C)(NCc1cc(=O)n2ccsc2n1)C(=O)O. The molecule has 0 bridgehead atoms. The number of aliphatic carboxylic acids is 1. The van der Waals surface area contributed by atoms with Gasteiger partial charge in [-0.3, -0.25) is 19.3 Å². The number of nitrogens with one attached hydrogen (secondary N) is 1. The molecule has 0 fully saturated rings. The Labute approximate surface area is 120 Å². The van der Waals surface area contributed by atoms with Gasteiger partial charge in [-0.15, -0.1) is 11.3 Å². The third kappa shape index (κ3) is 2.88. The number of carboxylic acids is 1. The normalized spacial score (nSPS) is 14.3. The van der Waals surface area contributed by atoms with Gasteiger partial charge in [0, 0.05) is 24.2 Å². The molecule has 108 valence electrons. The summed E-state index contributed by atoms with van der Waals surface area (Å²) in [6.07, 6.45) is 2.95. The van der Waals surface area contributed by atoms with E-state index in [4.69, 9.17) is 0 Å². The van der Waals surface area contributed by atoms with Crippen molar-refractivity contribution in [3.8, 4) is 0 Å². The molecule has 0 amide bonds. The van der Waals surface area contributed by atoms with Gasteiger partial charge in [-0.25, -0.2) is 4.98 Å². The van der Waals surface area contributed by atoms with Crippen LogP contribution >= 0.6 is 11.3 Å². The van der Waals surface area contributed by atoms with Gasteiger partial charge in [0.2, 0.25) is 0 Å². The molecule has 0 radical (unpaired) electrons. The maximum atomic E-state index is 11.8. The topological polar surface area (TPSA) is 83.7 Å². The minimum absolute atomic E-state index is 0.152. The summed E-state index contributed by atoms with van der Waals surface area (Å²) in [6, 6.07) is 1.43. The van der Waals surface area contributed by atoms with E-state index in [9.17, 15) is 14.7 Å². The molecule has 1 unspecified atom stereocenters. The van der Waals surface area contributed by atoms with Crippen LogP contribution in [0.3, 0.4) is 0 Å². The Morgan fingerprint density at radius 1 is 1.60 bits per heavy atom. The quantitative estimate of drug-likeness (QED) is 0.843. The van der Waals surface area contributed by atoms with Crippen molar-refractivity contribution in [3.05, 3.63) is 33.7 Å². The summed E-state index contributed by atoms with van der Waals surface area (Å²) >= 11 is 1.37. The van der Waals surface area contributed by atoms with E-state index in [0.29, 0.717) is 17.1 Å². The third-order valence-corrected chi connectivity index (χ3v) is 3.99. The second-order valence-electron chi connectivity index (χ2n) is 4.88. The van der Waals surface area contributed by atoms with Gasteiger partial charge in [-0.05, 0) is 13.3 Å². The molecule has 2 N–H and O–H groups in total. The van der Waals surface area contributed by atoms with E-state index in [-0.39, 0.29) is 12.1 Å². The summed E-state index contributed by atoms with van der Waals surface area (Å²) in [6.45, 7) is 3.84. The fourth-order valence-electron chi connectivity index (χ4n) is 2.03. The van der Waals surface area contributed by atoms with Gasteiger partial charge in [-0.2, -0.15) is 0 Å². The van der Waals surface area contributed by atoms with Gasteiger partial charge in [0.05, 0.1) is 5.69 Å². The van der Waals surface area contributed by atoms with Gasteiger partial charge in [-0.1, -0.05) is 13.3 Å². The molecule has 1 atom stereocenters. The first-order valence-corrected chi connectivity index (χ1v) is 7.28. The lowest BCUT2D eigenvalue weighted by molar-refractivity contribution is -0.144. The molecule has 2 aromatic rings. The summed E-state index contributed by atoms with van der Waals surface area (Å²) < 4.78 is 1.47. The Kier molecular flexibility index (Phi) is 4.20. The number of nitrogens with zero attached hydrogens (tertiary/aromatic N) is 2. The number of hydrogen-bond donors (Lipinski definition) is 2. The van der Waals surface area contributed by atoms with Gasteiger partial charge >= 0.3 is 5.97 Å². The molecule has 7 heteroatoms. The molecule has 0 saturated carbocycles. The minimum atomic E-state index is -1.00. The molecule has 0 saturated heterocycles. The van der Waals surface area contributed by atoms with Crippen LogP contribution in [-0.2, 0) is 11.3 Å². The molecule has 0 aliphatic carbocycles. The van der Waals surface area contributed by atoms with Crippen LogP contribution in [0.5, 0.6) is 0 Å². The lowest BCUT2D eigenvalue weighted by atomic mass is 9.96. The Morgan fingerprint density at radius 3 is 3.00 bits per heavy atom. The zero-order chi connectivity index (χ0) is 14.8. The van der Waals surface area contributed by atoms with E-state index in [1.807, 2.05) is 6.92 Å². The van der Waals surface area contributed by atoms with E-state index in [2.05, 4.69) is 10.3 Å². The van der Waals surface area contributed by atoms with Crippen LogP contribution in [0.2, 0.25) is 0 Å². The highest BCUT2D eigenvalue weighted by Crippen LogP contribution is 2.14. The van der Waals surface area contributed by atoms with Gasteiger partial charge < -0.3 is 5.11 Å². The maximum absolute atomic E-state index is 11.8. The fourth-order valence-corrected chi connectivity index (χ4v) is 2.77. The highest BCUT2D eigenvalue weighted by molar-refractivity contribution is 7.15. The Balaban J connectivity index is 2.19. The minimum Gasteiger partial charge on any atom is -0.480 e. The second-order valence-corrected chi connectivity index (χ2v) is 5.76. The van der Waals surface area contributed by atoms with Crippen molar-refractivity contribution in [1.82, 2.24) is 14.7 Å². The molecular formula is C13H17N3O3S. The van der Waals surface area contributed by atoms with Crippen molar-refractivity contribution in [3.63, 3.8) is 0 Å². The molecule has 2 rings (SSSR count). The van der Waals surface area contributed by atoms with Crippen LogP contribution in [0, 0.1) is 0 Å². The van der Waals surface area contributed by atoms with Crippen molar-refractivity contribution < 1.29 is 9.90 Å². The summed E-state index contributed by atoms with van der Waals surface area (Å²) in [5, 5.41) is 14.1. The van der Waals surface area contributed by atoms with E-state index < -0.39 is 11.5 Å². The van der Waals surface area contributed by atoms with Crippen LogP contribution in [0.4, 0.5) is 0 Å². The van der Waals surface area contributed by atoms with Crippen molar-refractivity contribution in [2.75, 3.05) is 0 Å². The molecule has 20 heavy (non-hydrogen) atoms. The first kappa shape index (κ1) is 14.7. The van der Waals surface area contributed by atoms with Crippen molar-refractivity contribution in [2.45, 2.75) is 38.8 Å². The standard InChI is InChI=1S/C13H17N3O3S/c1-3-4-13(2,11(18)19)14-8-9-7-10(17)16-5-6-20-12(16)15-9/h5-7,14H,3-4,8H2,1-2H3,(H,18,19). The Bertz CT molecular complexity index is 679. The first-order chi connectivity index (χ1) is 9.46. The molecule has 2 aromatic heterocycles. The maximum Gasteiger partial charge on any atom is 0.323 e.